The van der Waals surface area contributed by atoms with Crippen LogP contribution in [-0.4, -0.2) is 46.5 Å². The first-order valence-corrected chi connectivity index (χ1v) is 9.32. The highest BCUT2D eigenvalue weighted by Crippen LogP contribution is 2.23. The highest BCUT2D eigenvalue weighted by molar-refractivity contribution is 9.10. The molecule has 0 N–H and O–H groups in total. The Morgan fingerprint density at radius 2 is 1.77 bits per heavy atom. The molecule has 0 atom stereocenters. The van der Waals surface area contributed by atoms with Gasteiger partial charge in [-0.2, -0.15) is 0 Å². The third kappa shape index (κ3) is 3.75. The van der Waals surface area contributed by atoms with E-state index in [0.717, 1.165) is 10.2 Å². The zero-order valence-electron chi connectivity index (χ0n) is 14.8. The van der Waals surface area contributed by atoms with Crippen molar-refractivity contribution in [3.8, 4) is 0 Å². The number of hydrogen-bond acceptors (Lipinski definition) is 4. The lowest BCUT2D eigenvalue weighted by atomic mass is 10.2. The molecule has 1 aromatic heterocycles. The van der Waals surface area contributed by atoms with Crippen LogP contribution in [-0.2, 0) is 0 Å². The number of piperazine rings is 1. The second kappa shape index (κ2) is 7.49. The Morgan fingerprint density at radius 1 is 1.15 bits per heavy atom. The summed E-state index contributed by atoms with van der Waals surface area (Å²) in [4.78, 5) is 27.3. The standard InChI is InChI=1S/C18H21BrN4O3/c1-13(2)22-12-14(19)11-17(22)18(24)21-9-7-20(8-10-21)15-3-5-16(6-4-15)23(25)26/h3-6,11-13H,7-10H2,1-2H3. The van der Waals surface area contributed by atoms with Gasteiger partial charge in [0.2, 0.25) is 0 Å². The van der Waals surface area contributed by atoms with Gasteiger partial charge in [0.1, 0.15) is 5.69 Å². The number of anilines is 1. The van der Waals surface area contributed by atoms with E-state index in [1.54, 1.807) is 12.1 Å². The molecule has 1 aromatic carbocycles. The molecular formula is C18H21BrN4O3. The lowest BCUT2D eigenvalue weighted by molar-refractivity contribution is -0.384. The van der Waals surface area contributed by atoms with Gasteiger partial charge >= 0.3 is 0 Å². The molecule has 1 saturated heterocycles. The summed E-state index contributed by atoms with van der Waals surface area (Å²) in [6.45, 7) is 6.75. The van der Waals surface area contributed by atoms with Crippen LogP contribution in [0.3, 0.4) is 0 Å². The second-order valence-electron chi connectivity index (χ2n) is 6.60. The summed E-state index contributed by atoms with van der Waals surface area (Å²) in [5.41, 5.74) is 1.72. The Balaban J connectivity index is 1.66. The van der Waals surface area contributed by atoms with E-state index in [0.29, 0.717) is 31.9 Å². The fraction of sp³-hybridized carbons (Fsp3) is 0.389. The van der Waals surface area contributed by atoms with E-state index < -0.39 is 4.92 Å². The molecule has 2 heterocycles. The van der Waals surface area contributed by atoms with Gasteiger partial charge in [0.25, 0.3) is 11.6 Å². The van der Waals surface area contributed by atoms with Crippen LogP contribution in [0.4, 0.5) is 11.4 Å². The highest BCUT2D eigenvalue weighted by Gasteiger charge is 2.25. The average Bonchev–Trinajstić information content (AvgIpc) is 3.03. The maximum Gasteiger partial charge on any atom is 0.270 e. The summed E-state index contributed by atoms with van der Waals surface area (Å²) in [7, 11) is 0. The fourth-order valence-electron chi connectivity index (χ4n) is 3.16. The van der Waals surface area contributed by atoms with Crippen molar-refractivity contribution in [2.75, 3.05) is 31.1 Å². The summed E-state index contributed by atoms with van der Waals surface area (Å²) < 4.78 is 2.88. The van der Waals surface area contributed by atoms with E-state index in [9.17, 15) is 14.9 Å². The van der Waals surface area contributed by atoms with Crippen molar-refractivity contribution in [2.24, 2.45) is 0 Å². The van der Waals surface area contributed by atoms with Crippen LogP contribution in [0.15, 0.2) is 41.0 Å². The smallest absolute Gasteiger partial charge is 0.270 e. The van der Waals surface area contributed by atoms with Gasteiger partial charge in [-0.05, 0) is 48.0 Å². The molecular weight excluding hydrogens is 400 g/mol. The van der Waals surface area contributed by atoms with Crippen molar-refractivity contribution in [3.05, 3.63) is 56.8 Å². The molecule has 0 unspecified atom stereocenters. The Labute approximate surface area is 160 Å². The fourth-order valence-corrected chi connectivity index (χ4v) is 3.60. The Bertz CT molecular complexity index is 808. The lowest BCUT2D eigenvalue weighted by Crippen LogP contribution is -2.49. The minimum absolute atomic E-state index is 0.0350. The van der Waals surface area contributed by atoms with Crippen LogP contribution in [0.1, 0.15) is 30.4 Å². The normalized spacial score (nSPS) is 14.8. The highest BCUT2D eigenvalue weighted by atomic mass is 79.9. The number of carbonyl (C=O) groups is 1. The van der Waals surface area contributed by atoms with Crippen molar-refractivity contribution < 1.29 is 9.72 Å². The number of rotatable bonds is 4. The molecule has 7 nitrogen and oxygen atoms in total. The predicted octanol–water partition coefficient (Wildman–Crippen LogP) is 3.70. The molecule has 0 bridgehead atoms. The number of nitro groups is 1. The average molecular weight is 421 g/mol. The van der Waals surface area contributed by atoms with Crippen molar-refractivity contribution in [1.29, 1.82) is 0 Å². The van der Waals surface area contributed by atoms with Crippen LogP contribution in [0.5, 0.6) is 0 Å². The Morgan fingerprint density at radius 3 is 2.31 bits per heavy atom. The molecule has 0 saturated carbocycles. The van der Waals surface area contributed by atoms with Gasteiger partial charge in [-0.1, -0.05) is 0 Å². The van der Waals surface area contributed by atoms with Crippen molar-refractivity contribution in [1.82, 2.24) is 9.47 Å². The molecule has 26 heavy (non-hydrogen) atoms. The molecule has 0 aliphatic carbocycles. The molecule has 1 aliphatic rings. The number of nitrogens with zero attached hydrogens (tertiary/aromatic N) is 4. The number of hydrogen-bond donors (Lipinski definition) is 0. The number of benzene rings is 1. The number of halogens is 1. The first-order chi connectivity index (χ1) is 12.4. The van der Waals surface area contributed by atoms with Gasteiger partial charge in [-0.15, -0.1) is 0 Å². The molecule has 3 rings (SSSR count). The minimum Gasteiger partial charge on any atom is -0.368 e. The van der Waals surface area contributed by atoms with Crippen LogP contribution in [0.2, 0.25) is 0 Å². The lowest BCUT2D eigenvalue weighted by Gasteiger charge is -2.36. The number of carbonyl (C=O) groups excluding carboxylic acids is 1. The molecule has 8 heteroatoms. The van der Waals surface area contributed by atoms with E-state index in [4.69, 9.17) is 0 Å². The molecule has 1 amide bonds. The van der Waals surface area contributed by atoms with Crippen LogP contribution >= 0.6 is 15.9 Å². The molecule has 1 fully saturated rings. The van der Waals surface area contributed by atoms with Crippen molar-refractivity contribution in [3.63, 3.8) is 0 Å². The van der Waals surface area contributed by atoms with Crippen molar-refractivity contribution >= 4 is 33.2 Å². The largest absolute Gasteiger partial charge is 0.368 e. The quantitative estimate of drug-likeness (QED) is 0.558. The van der Waals surface area contributed by atoms with Gasteiger partial charge < -0.3 is 14.4 Å². The Kier molecular flexibility index (Phi) is 5.31. The minimum atomic E-state index is -0.400. The maximum atomic E-state index is 12.9. The topological polar surface area (TPSA) is 71.6 Å². The van der Waals surface area contributed by atoms with E-state index in [2.05, 4.69) is 34.7 Å². The van der Waals surface area contributed by atoms with E-state index in [-0.39, 0.29) is 17.6 Å². The summed E-state index contributed by atoms with van der Waals surface area (Å²) in [5, 5.41) is 10.8. The predicted molar refractivity (Wildman–Crippen MR) is 104 cm³/mol. The van der Waals surface area contributed by atoms with Gasteiger partial charge in [0.15, 0.2) is 0 Å². The number of aromatic nitrogens is 1. The van der Waals surface area contributed by atoms with Gasteiger partial charge in [-0.3, -0.25) is 14.9 Å². The molecule has 2 aromatic rings. The first-order valence-electron chi connectivity index (χ1n) is 8.53. The van der Waals surface area contributed by atoms with Crippen molar-refractivity contribution in [2.45, 2.75) is 19.9 Å². The third-order valence-electron chi connectivity index (χ3n) is 4.58. The molecule has 138 valence electrons. The van der Waals surface area contributed by atoms with Gasteiger partial charge in [0, 0.05) is 60.7 Å². The van der Waals surface area contributed by atoms with Gasteiger partial charge in [-0.25, -0.2) is 0 Å². The molecule has 1 aliphatic heterocycles. The summed E-state index contributed by atoms with van der Waals surface area (Å²) in [6.07, 6.45) is 1.94. The molecule has 0 radical (unpaired) electrons. The van der Waals surface area contributed by atoms with E-state index >= 15 is 0 Å². The number of nitro benzene ring substituents is 1. The zero-order chi connectivity index (χ0) is 18.8. The monoisotopic (exact) mass is 420 g/mol. The Hall–Kier alpha value is -2.35. The van der Waals surface area contributed by atoms with E-state index in [1.807, 2.05) is 21.7 Å². The first kappa shape index (κ1) is 18.4. The van der Waals surface area contributed by atoms with E-state index in [1.165, 1.54) is 12.1 Å². The molecule has 0 spiro atoms. The SMILES string of the molecule is CC(C)n1cc(Br)cc1C(=O)N1CCN(c2ccc([N+](=O)[O-])cc2)CC1. The summed E-state index contributed by atoms with van der Waals surface area (Å²) in [5.74, 6) is 0.0350. The summed E-state index contributed by atoms with van der Waals surface area (Å²) >= 11 is 3.45. The third-order valence-corrected chi connectivity index (χ3v) is 5.02. The van der Waals surface area contributed by atoms with Gasteiger partial charge in [0.05, 0.1) is 4.92 Å². The second-order valence-corrected chi connectivity index (χ2v) is 7.51. The summed E-state index contributed by atoms with van der Waals surface area (Å²) in [6, 6.07) is 8.62. The maximum absolute atomic E-state index is 12.9. The zero-order valence-corrected chi connectivity index (χ0v) is 16.3. The number of amides is 1. The number of non-ortho nitro benzene ring substituents is 1. The van der Waals surface area contributed by atoms with Crippen LogP contribution < -0.4 is 4.90 Å². The van der Waals surface area contributed by atoms with Crippen LogP contribution in [0.25, 0.3) is 0 Å². The van der Waals surface area contributed by atoms with Crippen LogP contribution in [0, 0.1) is 10.1 Å².